The molecule has 0 aliphatic carbocycles. The van der Waals surface area contributed by atoms with Crippen molar-refractivity contribution in [1.82, 2.24) is 10.3 Å². The minimum absolute atomic E-state index is 0.114. The molecule has 1 aromatic heterocycles. The highest BCUT2D eigenvalue weighted by atomic mass is 35.5. The van der Waals surface area contributed by atoms with Crippen LogP contribution < -0.4 is 10.5 Å². The smallest absolute Gasteiger partial charge is 0.238 e. The molecule has 0 atom stereocenters. The second-order valence-corrected chi connectivity index (χ2v) is 8.30. The summed E-state index contributed by atoms with van der Waals surface area (Å²) in [4.78, 5) is 4.72. The number of thiazole rings is 1. The first-order chi connectivity index (χ1) is 11.9. The largest absolute Gasteiger partial charge is 0.307 e. The third kappa shape index (κ3) is 4.87. The fourth-order valence-electron chi connectivity index (χ4n) is 2.25. The Bertz CT molecular complexity index is 952. The van der Waals surface area contributed by atoms with Crippen LogP contribution in [-0.4, -0.2) is 13.4 Å². The van der Waals surface area contributed by atoms with E-state index in [1.54, 1.807) is 23.5 Å². The van der Waals surface area contributed by atoms with E-state index in [4.69, 9.17) is 16.7 Å². The van der Waals surface area contributed by atoms with Gasteiger partial charge in [0.2, 0.25) is 10.0 Å². The maximum absolute atomic E-state index is 11.2. The van der Waals surface area contributed by atoms with Crippen LogP contribution in [0, 0.1) is 0 Å². The van der Waals surface area contributed by atoms with Gasteiger partial charge in [-0.2, -0.15) is 0 Å². The van der Waals surface area contributed by atoms with Crippen LogP contribution in [-0.2, 0) is 23.1 Å². The third-order valence-corrected chi connectivity index (χ3v) is 5.65. The summed E-state index contributed by atoms with van der Waals surface area (Å²) in [5, 5.41) is 12.0. The first kappa shape index (κ1) is 18.0. The van der Waals surface area contributed by atoms with Crippen molar-refractivity contribution in [3.05, 3.63) is 70.2 Å². The fourth-order valence-corrected chi connectivity index (χ4v) is 3.71. The first-order valence-electron chi connectivity index (χ1n) is 7.44. The Hall–Kier alpha value is -1.77. The van der Waals surface area contributed by atoms with E-state index in [2.05, 4.69) is 10.3 Å². The van der Waals surface area contributed by atoms with E-state index in [-0.39, 0.29) is 4.90 Å². The van der Waals surface area contributed by atoms with Gasteiger partial charge in [-0.25, -0.2) is 18.5 Å². The standard InChI is InChI=1S/C17H16ClN3O2S2/c18-14-5-3-13(4-6-14)17-21-15(11-24-17)10-20-9-12-1-7-16(8-2-12)25(19,22)23/h1-8,11,20H,9-10H2,(H2,19,22,23). The summed E-state index contributed by atoms with van der Waals surface area (Å²) >= 11 is 7.48. The molecule has 3 N–H and O–H groups in total. The van der Waals surface area contributed by atoms with E-state index < -0.39 is 10.0 Å². The van der Waals surface area contributed by atoms with Gasteiger partial charge in [0, 0.05) is 29.1 Å². The number of hydrogen-bond donors (Lipinski definition) is 2. The van der Waals surface area contributed by atoms with Crippen LogP contribution in [0.5, 0.6) is 0 Å². The first-order valence-corrected chi connectivity index (χ1v) is 10.2. The lowest BCUT2D eigenvalue weighted by atomic mass is 10.2. The van der Waals surface area contributed by atoms with E-state index >= 15 is 0 Å². The van der Waals surface area contributed by atoms with Crippen molar-refractivity contribution < 1.29 is 8.42 Å². The van der Waals surface area contributed by atoms with Gasteiger partial charge in [0.25, 0.3) is 0 Å². The van der Waals surface area contributed by atoms with Crippen molar-refractivity contribution in [1.29, 1.82) is 0 Å². The topological polar surface area (TPSA) is 85.1 Å². The van der Waals surface area contributed by atoms with Crippen LogP contribution in [0.3, 0.4) is 0 Å². The highest BCUT2D eigenvalue weighted by Crippen LogP contribution is 2.25. The molecule has 5 nitrogen and oxygen atoms in total. The highest BCUT2D eigenvalue weighted by Gasteiger charge is 2.07. The number of hydrogen-bond acceptors (Lipinski definition) is 5. The lowest BCUT2D eigenvalue weighted by molar-refractivity contribution is 0.597. The molecule has 130 valence electrons. The predicted octanol–water partition coefficient (Wildman–Crippen LogP) is 3.40. The van der Waals surface area contributed by atoms with Crippen LogP contribution in [0.2, 0.25) is 5.02 Å². The average Bonchev–Trinajstić information content (AvgIpc) is 3.04. The maximum Gasteiger partial charge on any atom is 0.238 e. The molecule has 0 saturated carbocycles. The molecule has 0 aliphatic heterocycles. The zero-order valence-corrected chi connectivity index (χ0v) is 15.5. The molecule has 0 bridgehead atoms. The molecule has 0 saturated heterocycles. The molecule has 0 radical (unpaired) electrons. The fraction of sp³-hybridized carbons (Fsp3) is 0.118. The average molecular weight is 394 g/mol. The quantitative estimate of drug-likeness (QED) is 0.672. The molecule has 2 aromatic carbocycles. The second kappa shape index (κ2) is 7.63. The highest BCUT2D eigenvalue weighted by molar-refractivity contribution is 7.89. The van der Waals surface area contributed by atoms with Gasteiger partial charge < -0.3 is 5.32 Å². The van der Waals surface area contributed by atoms with Crippen molar-refractivity contribution in [3.63, 3.8) is 0 Å². The molecular formula is C17H16ClN3O2S2. The molecule has 1 heterocycles. The van der Waals surface area contributed by atoms with Gasteiger partial charge in [0.05, 0.1) is 10.6 Å². The van der Waals surface area contributed by atoms with Crippen LogP contribution in [0.4, 0.5) is 0 Å². The molecule has 3 aromatic rings. The van der Waals surface area contributed by atoms with Gasteiger partial charge in [-0.15, -0.1) is 11.3 Å². The van der Waals surface area contributed by atoms with E-state index in [0.717, 1.165) is 21.8 Å². The Morgan fingerprint density at radius 1 is 1.04 bits per heavy atom. The Morgan fingerprint density at radius 2 is 1.72 bits per heavy atom. The number of sulfonamides is 1. The molecular weight excluding hydrogens is 378 g/mol. The summed E-state index contributed by atoms with van der Waals surface area (Å²) in [6.45, 7) is 1.24. The van der Waals surface area contributed by atoms with Crippen molar-refractivity contribution >= 4 is 33.0 Å². The molecule has 0 spiro atoms. The Balaban J connectivity index is 1.57. The Morgan fingerprint density at radius 3 is 2.36 bits per heavy atom. The van der Waals surface area contributed by atoms with Crippen molar-refractivity contribution in [2.75, 3.05) is 0 Å². The number of rotatable bonds is 6. The lowest BCUT2D eigenvalue weighted by Gasteiger charge is -2.04. The number of halogens is 1. The number of nitrogens with one attached hydrogen (secondary N) is 1. The molecule has 8 heteroatoms. The van der Waals surface area contributed by atoms with Crippen molar-refractivity contribution in [3.8, 4) is 10.6 Å². The molecule has 0 amide bonds. The van der Waals surface area contributed by atoms with Crippen molar-refractivity contribution in [2.24, 2.45) is 5.14 Å². The number of primary sulfonamides is 1. The van der Waals surface area contributed by atoms with E-state index in [0.29, 0.717) is 18.1 Å². The lowest BCUT2D eigenvalue weighted by Crippen LogP contribution is -2.14. The number of benzene rings is 2. The maximum atomic E-state index is 11.2. The zero-order chi connectivity index (χ0) is 17.9. The zero-order valence-electron chi connectivity index (χ0n) is 13.1. The molecule has 0 unspecified atom stereocenters. The van der Waals surface area contributed by atoms with Gasteiger partial charge >= 0.3 is 0 Å². The number of aromatic nitrogens is 1. The summed E-state index contributed by atoms with van der Waals surface area (Å²) in [5.41, 5.74) is 2.97. The second-order valence-electron chi connectivity index (χ2n) is 5.44. The van der Waals surface area contributed by atoms with Gasteiger partial charge in [-0.1, -0.05) is 35.9 Å². The van der Waals surface area contributed by atoms with Gasteiger partial charge in [-0.3, -0.25) is 0 Å². The SMILES string of the molecule is NS(=O)(=O)c1ccc(CNCc2csc(-c3ccc(Cl)cc3)n2)cc1. The predicted molar refractivity (Wildman–Crippen MR) is 101 cm³/mol. The van der Waals surface area contributed by atoms with Crippen LogP contribution >= 0.6 is 22.9 Å². The molecule has 0 fully saturated rings. The summed E-state index contributed by atoms with van der Waals surface area (Å²) in [6.07, 6.45) is 0. The van der Waals surface area contributed by atoms with Gasteiger partial charge in [0.15, 0.2) is 0 Å². The molecule has 25 heavy (non-hydrogen) atoms. The number of nitrogens with two attached hydrogens (primary N) is 1. The molecule has 0 aliphatic rings. The van der Waals surface area contributed by atoms with Gasteiger partial charge in [-0.05, 0) is 29.8 Å². The van der Waals surface area contributed by atoms with Crippen molar-refractivity contribution in [2.45, 2.75) is 18.0 Å². The normalized spacial score (nSPS) is 11.6. The van der Waals surface area contributed by atoms with E-state index in [9.17, 15) is 8.42 Å². The summed E-state index contributed by atoms with van der Waals surface area (Å²) in [7, 11) is -3.65. The summed E-state index contributed by atoms with van der Waals surface area (Å²) < 4.78 is 22.5. The van der Waals surface area contributed by atoms with Crippen LogP contribution in [0.25, 0.3) is 10.6 Å². The van der Waals surface area contributed by atoms with Crippen LogP contribution in [0.15, 0.2) is 58.8 Å². The van der Waals surface area contributed by atoms with Crippen LogP contribution in [0.1, 0.15) is 11.3 Å². The van der Waals surface area contributed by atoms with Gasteiger partial charge in [0.1, 0.15) is 5.01 Å². The Kier molecular flexibility index (Phi) is 5.51. The van der Waals surface area contributed by atoms with E-state index in [1.165, 1.54) is 12.1 Å². The third-order valence-electron chi connectivity index (χ3n) is 3.53. The monoisotopic (exact) mass is 393 g/mol. The van der Waals surface area contributed by atoms with E-state index in [1.807, 2.05) is 29.6 Å². The molecule has 3 rings (SSSR count). The summed E-state index contributed by atoms with van der Waals surface area (Å²) in [5.74, 6) is 0. The minimum atomic E-state index is -3.65. The summed E-state index contributed by atoms with van der Waals surface area (Å²) in [6, 6.07) is 14.1. The number of nitrogens with zero attached hydrogens (tertiary/aromatic N) is 1. The minimum Gasteiger partial charge on any atom is -0.307 e. The Labute approximate surface area is 155 Å².